The maximum Gasteiger partial charge on any atom is 0.171 e. The fraction of sp³-hybridized carbons (Fsp3) is 0.792. The number of aliphatic hydroxyl groups excluding tert-OH is 1. The lowest BCUT2D eigenvalue weighted by molar-refractivity contribution is -0.144. The minimum absolute atomic E-state index is 0.0633. The zero-order valence-corrected chi connectivity index (χ0v) is 18.5. The molecule has 2 aliphatic carbocycles. The molecule has 0 aromatic carbocycles. The molecule has 172 valence electrons. The van der Waals surface area contributed by atoms with Crippen LogP contribution in [0.4, 0.5) is 0 Å². The fourth-order valence-electron chi connectivity index (χ4n) is 5.24. The van der Waals surface area contributed by atoms with Gasteiger partial charge in [0.2, 0.25) is 0 Å². The van der Waals surface area contributed by atoms with Crippen molar-refractivity contribution in [2.45, 2.75) is 62.9 Å². The number of hydrogen-bond donors (Lipinski definition) is 1. The van der Waals surface area contributed by atoms with Gasteiger partial charge in [-0.3, -0.25) is 9.69 Å². The van der Waals surface area contributed by atoms with Crippen LogP contribution in [0.15, 0.2) is 11.8 Å². The molecule has 4 atom stereocenters. The molecule has 31 heavy (non-hydrogen) atoms. The average Bonchev–Trinajstić information content (AvgIpc) is 2.80. The van der Waals surface area contributed by atoms with Crippen LogP contribution in [-0.2, 0) is 23.7 Å². The Bertz CT molecular complexity index is 699. The van der Waals surface area contributed by atoms with Crippen molar-refractivity contribution in [2.24, 2.45) is 11.8 Å². The Morgan fingerprint density at radius 3 is 2.65 bits per heavy atom. The zero-order valence-electron chi connectivity index (χ0n) is 18.5. The molecule has 2 aliphatic heterocycles. The Morgan fingerprint density at radius 1 is 1.13 bits per heavy atom. The van der Waals surface area contributed by atoms with Gasteiger partial charge < -0.3 is 24.1 Å². The van der Waals surface area contributed by atoms with E-state index < -0.39 is 12.0 Å². The summed E-state index contributed by atoms with van der Waals surface area (Å²) in [7, 11) is 1.75. The van der Waals surface area contributed by atoms with Crippen LogP contribution >= 0.6 is 0 Å². The molecule has 0 aromatic rings. The molecule has 4 unspecified atom stereocenters. The summed E-state index contributed by atoms with van der Waals surface area (Å²) in [6, 6.07) is 0. The number of carbonyl (C=O) groups is 1. The number of methoxy groups -OCH3 is 1. The lowest BCUT2D eigenvalue weighted by Crippen LogP contribution is -2.50. The third-order valence-electron chi connectivity index (χ3n) is 7.14. The molecule has 0 radical (unpaired) electrons. The molecular weight excluding hydrogens is 398 g/mol. The summed E-state index contributed by atoms with van der Waals surface area (Å²) in [5.41, 5.74) is 0.753. The first-order valence-corrected chi connectivity index (χ1v) is 11.6. The van der Waals surface area contributed by atoms with E-state index in [1.807, 2.05) is 0 Å². The highest BCUT2D eigenvalue weighted by Gasteiger charge is 2.47. The van der Waals surface area contributed by atoms with Crippen LogP contribution in [0, 0.1) is 23.7 Å². The number of aliphatic hydroxyl groups is 1. The standard InChI is InChI=1S/C24H35NO6/c1-28-18-6-4-17(5-7-18)20-16-31-22-15-19(14-21(26)23(22)24(20)27)30-11-3-2-8-25-9-12-29-13-10-25/h16-19,21-23,26H,4-15H2,1H3. The van der Waals surface area contributed by atoms with Crippen LogP contribution < -0.4 is 0 Å². The summed E-state index contributed by atoms with van der Waals surface area (Å²) in [4.78, 5) is 15.4. The predicted octanol–water partition coefficient (Wildman–Crippen LogP) is 1.54. The van der Waals surface area contributed by atoms with Crippen LogP contribution in [0.2, 0.25) is 0 Å². The first kappa shape index (κ1) is 22.8. The number of carbonyl (C=O) groups excluding carboxylic acids is 1. The third-order valence-corrected chi connectivity index (χ3v) is 7.14. The molecule has 7 nitrogen and oxygen atoms in total. The number of ketones is 1. The minimum Gasteiger partial charge on any atom is -0.497 e. The number of fused-ring (bicyclic) bond motifs is 1. The Kier molecular flexibility index (Phi) is 8.02. The first-order valence-electron chi connectivity index (χ1n) is 11.6. The Morgan fingerprint density at radius 2 is 1.90 bits per heavy atom. The number of allylic oxidation sites excluding steroid dienone is 1. The van der Waals surface area contributed by atoms with E-state index in [4.69, 9.17) is 18.9 Å². The van der Waals surface area contributed by atoms with Crippen molar-refractivity contribution in [3.8, 4) is 11.8 Å². The Balaban J connectivity index is 1.26. The number of hydrogen-bond acceptors (Lipinski definition) is 7. The quantitative estimate of drug-likeness (QED) is 0.659. The highest BCUT2D eigenvalue weighted by molar-refractivity contribution is 5.99. The fourth-order valence-corrected chi connectivity index (χ4v) is 5.24. The van der Waals surface area contributed by atoms with Crippen LogP contribution in [0.3, 0.4) is 0 Å². The second kappa shape index (κ2) is 10.9. The van der Waals surface area contributed by atoms with Crippen LogP contribution in [0.1, 0.15) is 38.5 Å². The number of morpholine rings is 1. The molecule has 0 amide bonds. The smallest absolute Gasteiger partial charge is 0.171 e. The van der Waals surface area contributed by atoms with Crippen molar-refractivity contribution in [3.05, 3.63) is 11.8 Å². The molecule has 1 saturated heterocycles. The highest BCUT2D eigenvalue weighted by atomic mass is 16.5. The Hall–Kier alpha value is -1.43. The molecule has 2 saturated carbocycles. The van der Waals surface area contributed by atoms with E-state index in [9.17, 15) is 9.90 Å². The lowest BCUT2D eigenvalue weighted by Gasteiger charge is -2.42. The summed E-state index contributed by atoms with van der Waals surface area (Å²) in [5.74, 6) is 6.01. The van der Waals surface area contributed by atoms with Crippen molar-refractivity contribution >= 4 is 5.78 Å². The predicted molar refractivity (Wildman–Crippen MR) is 114 cm³/mol. The van der Waals surface area contributed by atoms with E-state index in [0.29, 0.717) is 25.6 Å². The summed E-state index contributed by atoms with van der Waals surface area (Å²) < 4.78 is 22.6. The monoisotopic (exact) mass is 433 g/mol. The van der Waals surface area contributed by atoms with Gasteiger partial charge in [0, 0.05) is 38.6 Å². The Labute approximate surface area is 185 Å². The summed E-state index contributed by atoms with van der Waals surface area (Å²) in [6.45, 7) is 4.43. The van der Waals surface area contributed by atoms with Gasteiger partial charge in [-0.2, -0.15) is 0 Å². The summed E-state index contributed by atoms with van der Waals surface area (Å²) in [6.07, 6.45) is 5.60. The summed E-state index contributed by atoms with van der Waals surface area (Å²) in [5, 5.41) is 10.7. The van der Waals surface area contributed by atoms with Gasteiger partial charge in [-0.15, -0.1) is 0 Å². The molecule has 1 N–H and O–H groups in total. The summed E-state index contributed by atoms with van der Waals surface area (Å²) >= 11 is 0. The molecule has 0 bridgehead atoms. The number of rotatable bonds is 5. The minimum atomic E-state index is -0.739. The van der Waals surface area contributed by atoms with Crippen molar-refractivity contribution in [1.29, 1.82) is 0 Å². The van der Waals surface area contributed by atoms with E-state index in [2.05, 4.69) is 16.7 Å². The molecule has 0 spiro atoms. The van der Waals surface area contributed by atoms with E-state index in [1.165, 1.54) is 0 Å². The van der Waals surface area contributed by atoms with E-state index in [0.717, 1.165) is 64.1 Å². The van der Waals surface area contributed by atoms with Crippen LogP contribution in [-0.4, -0.2) is 86.8 Å². The van der Waals surface area contributed by atoms with Crippen molar-refractivity contribution < 1.29 is 28.8 Å². The van der Waals surface area contributed by atoms with Gasteiger partial charge in [-0.05, 0) is 31.6 Å². The number of ether oxygens (including phenoxy) is 4. The molecule has 4 aliphatic rings. The van der Waals surface area contributed by atoms with Crippen molar-refractivity contribution in [2.75, 3.05) is 46.6 Å². The lowest BCUT2D eigenvalue weighted by atomic mass is 9.72. The molecule has 3 fully saturated rings. The first-order chi connectivity index (χ1) is 15.2. The van der Waals surface area contributed by atoms with Crippen molar-refractivity contribution in [1.82, 2.24) is 4.90 Å². The van der Waals surface area contributed by atoms with E-state index in [-0.39, 0.29) is 23.9 Å². The molecular formula is C24H35NO6. The zero-order chi connectivity index (χ0) is 21.6. The van der Waals surface area contributed by atoms with Gasteiger partial charge in [-0.25, -0.2) is 0 Å². The normalized spacial score (nSPS) is 36.6. The van der Waals surface area contributed by atoms with E-state index in [1.54, 1.807) is 13.4 Å². The third kappa shape index (κ3) is 5.68. The molecule has 2 heterocycles. The van der Waals surface area contributed by atoms with Crippen LogP contribution in [0.5, 0.6) is 0 Å². The van der Waals surface area contributed by atoms with Gasteiger partial charge in [0.15, 0.2) is 5.78 Å². The average molecular weight is 434 g/mol. The van der Waals surface area contributed by atoms with Gasteiger partial charge in [0.1, 0.15) is 12.7 Å². The molecule has 7 heteroatoms. The highest BCUT2D eigenvalue weighted by Crippen LogP contribution is 2.40. The second-order valence-electron chi connectivity index (χ2n) is 9.06. The van der Waals surface area contributed by atoms with Gasteiger partial charge in [-0.1, -0.05) is 11.8 Å². The SMILES string of the molecule is COC1CCC(C2=COC3CC(OCC#CCN4CCOCC4)CC(O)C3C2=O)CC1. The maximum atomic E-state index is 13.2. The van der Waals surface area contributed by atoms with Crippen molar-refractivity contribution in [3.63, 3.8) is 0 Å². The second-order valence-corrected chi connectivity index (χ2v) is 9.06. The van der Waals surface area contributed by atoms with Gasteiger partial charge in [0.25, 0.3) is 0 Å². The van der Waals surface area contributed by atoms with E-state index >= 15 is 0 Å². The molecule has 4 rings (SSSR count). The maximum absolute atomic E-state index is 13.2. The topological polar surface area (TPSA) is 77.5 Å². The van der Waals surface area contributed by atoms with Crippen LogP contribution in [0.25, 0.3) is 0 Å². The van der Waals surface area contributed by atoms with Gasteiger partial charge in [0.05, 0.1) is 50.3 Å². The largest absolute Gasteiger partial charge is 0.497 e. The van der Waals surface area contributed by atoms with Gasteiger partial charge >= 0.3 is 0 Å². The molecule has 0 aromatic heterocycles. The number of nitrogens with zero attached hydrogens (tertiary/aromatic N) is 1. The number of Topliss-reactive ketones (excluding diaryl/α,β-unsaturated/α-hetero) is 1.